The maximum absolute atomic E-state index is 11.6. The van der Waals surface area contributed by atoms with Crippen molar-refractivity contribution < 1.29 is 24.5 Å². The monoisotopic (exact) mass is 296 g/mol. The van der Waals surface area contributed by atoms with Crippen molar-refractivity contribution in [2.75, 3.05) is 12.4 Å². The summed E-state index contributed by atoms with van der Waals surface area (Å²) in [5, 5.41) is 19.8. The maximum atomic E-state index is 11.6. The third-order valence-electron chi connectivity index (χ3n) is 3.06. The van der Waals surface area contributed by atoms with Gasteiger partial charge < -0.3 is 14.9 Å². The normalized spacial score (nSPS) is 17.1. The Morgan fingerprint density at radius 3 is 2.90 bits per heavy atom. The summed E-state index contributed by atoms with van der Waals surface area (Å²) in [7, 11) is 0. The van der Waals surface area contributed by atoms with E-state index in [1.165, 1.54) is 6.92 Å². The molecule has 2 atom stereocenters. The molecule has 108 valence electrons. The Bertz CT molecular complexity index is 528. The van der Waals surface area contributed by atoms with E-state index in [4.69, 9.17) is 4.74 Å². The van der Waals surface area contributed by atoms with Crippen molar-refractivity contribution >= 4 is 22.7 Å². The van der Waals surface area contributed by atoms with Gasteiger partial charge in [0, 0.05) is 19.1 Å². The highest BCUT2D eigenvalue weighted by atomic mass is 32.2. The van der Waals surface area contributed by atoms with Gasteiger partial charge in [-0.3, -0.25) is 9.59 Å². The second kappa shape index (κ2) is 6.39. The minimum Gasteiger partial charge on any atom is -0.492 e. The Balaban J connectivity index is 2.12. The molecule has 2 N–H and O–H groups in total. The van der Waals surface area contributed by atoms with Gasteiger partial charge in [0.25, 0.3) is 0 Å². The highest BCUT2D eigenvalue weighted by molar-refractivity contribution is 8.13. The zero-order valence-corrected chi connectivity index (χ0v) is 11.9. The molecule has 1 aromatic rings. The van der Waals surface area contributed by atoms with Gasteiger partial charge in [0.2, 0.25) is 0 Å². The van der Waals surface area contributed by atoms with Gasteiger partial charge in [-0.1, -0.05) is 17.8 Å². The number of carbonyl (C=O) groups is 2. The molecule has 2 unspecified atom stereocenters. The van der Waals surface area contributed by atoms with Crippen LogP contribution >= 0.6 is 11.8 Å². The van der Waals surface area contributed by atoms with Crippen LogP contribution < -0.4 is 4.74 Å². The van der Waals surface area contributed by atoms with Gasteiger partial charge in [-0.25, -0.2) is 0 Å². The van der Waals surface area contributed by atoms with Crippen molar-refractivity contribution in [1.29, 1.82) is 0 Å². The first kappa shape index (κ1) is 15.0. The number of thioether (sulfide) groups is 1. The number of hydrogen-bond acceptors (Lipinski definition) is 6. The van der Waals surface area contributed by atoms with Crippen LogP contribution in [-0.4, -0.2) is 39.6 Å². The fourth-order valence-electron chi connectivity index (χ4n) is 1.98. The predicted octanol–water partition coefficient (Wildman–Crippen LogP) is 1.33. The number of hydrogen-bond donors (Lipinski definition) is 2. The third-order valence-corrected chi connectivity index (χ3v) is 3.97. The summed E-state index contributed by atoms with van der Waals surface area (Å²) in [6.07, 6.45) is -1.82. The summed E-state index contributed by atoms with van der Waals surface area (Å²) in [6, 6.07) is 4.76. The average Bonchev–Trinajstić information content (AvgIpc) is 2.43. The minimum absolute atomic E-state index is 0.0139. The molecule has 2 rings (SSSR count). The summed E-state index contributed by atoms with van der Waals surface area (Å²) in [5.74, 6) is 0.567. The minimum atomic E-state index is -1.12. The lowest BCUT2D eigenvalue weighted by molar-refractivity contribution is -0.109. The van der Waals surface area contributed by atoms with Gasteiger partial charge in [-0.05, 0) is 17.7 Å². The van der Waals surface area contributed by atoms with E-state index >= 15 is 0 Å². The van der Waals surface area contributed by atoms with Crippen LogP contribution in [0.25, 0.3) is 0 Å². The van der Waals surface area contributed by atoms with E-state index in [-0.39, 0.29) is 16.7 Å². The maximum Gasteiger partial charge on any atom is 0.185 e. The van der Waals surface area contributed by atoms with Crippen molar-refractivity contribution in [3.05, 3.63) is 29.3 Å². The zero-order valence-electron chi connectivity index (χ0n) is 11.0. The summed E-state index contributed by atoms with van der Waals surface area (Å²) >= 11 is 0.957. The highest BCUT2D eigenvalue weighted by Crippen LogP contribution is 2.29. The van der Waals surface area contributed by atoms with Crippen LogP contribution in [0, 0.1) is 0 Å². The molecule has 6 heteroatoms. The molecule has 0 fully saturated rings. The van der Waals surface area contributed by atoms with Crippen molar-refractivity contribution in [2.45, 2.75) is 25.6 Å². The molecular formula is C14H16O5S. The number of ether oxygens (including phenoxy) is 1. The number of fused-ring (bicyclic) bond motifs is 1. The van der Waals surface area contributed by atoms with E-state index in [2.05, 4.69) is 0 Å². The molecule has 0 aromatic heterocycles. The summed E-state index contributed by atoms with van der Waals surface area (Å²) < 4.78 is 5.39. The van der Waals surface area contributed by atoms with Crippen LogP contribution in [0.3, 0.4) is 0 Å². The molecule has 1 aliphatic heterocycles. The Labute approximate surface area is 120 Å². The molecule has 0 radical (unpaired) electrons. The highest BCUT2D eigenvalue weighted by Gasteiger charge is 2.23. The molecule has 0 saturated heterocycles. The first-order chi connectivity index (χ1) is 9.49. The second-order valence-corrected chi connectivity index (χ2v) is 5.79. The molecule has 0 bridgehead atoms. The molecule has 0 saturated carbocycles. The third kappa shape index (κ3) is 3.39. The summed E-state index contributed by atoms with van der Waals surface area (Å²) in [4.78, 5) is 22.5. The van der Waals surface area contributed by atoms with Crippen molar-refractivity contribution in [2.24, 2.45) is 0 Å². The topological polar surface area (TPSA) is 83.8 Å². The summed E-state index contributed by atoms with van der Waals surface area (Å²) in [6.45, 7) is 1.73. The quantitative estimate of drug-likeness (QED) is 0.872. The van der Waals surface area contributed by atoms with Gasteiger partial charge in [-0.2, -0.15) is 0 Å². The number of rotatable bonds is 4. The second-order valence-electron chi connectivity index (χ2n) is 4.59. The van der Waals surface area contributed by atoms with E-state index in [0.717, 1.165) is 11.8 Å². The number of ketones is 1. The molecule has 0 amide bonds. The van der Waals surface area contributed by atoms with E-state index in [9.17, 15) is 19.8 Å². The lowest BCUT2D eigenvalue weighted by Crippen LogP contribution is -2.22. The number of Topliss-reactive ketones (excluding diaryl/α,β-unsaturated/α-hetero) is 1. The molecule has 1 heterocycles. The molecular weight excluding hydrogens is 280 g/mol. The van der Waals surface area contributed by atoms with Crippen molar-refractivity contribution in [3.63, 3.8) is 0 Å². The number of aliphatic hydroxyl groups excluding tert-OH is 2. The fourth-order valence-corrected chi connectivity index (χ4v) is 2.56. The van der Waals surface area contributed by atoms with E-state index in [0.29, 0.717) is 29.9 Å². The molecule has 0 spiro atoms. The van der Waals surface area contributed by atoms with Crippen LogP contribution in [0.1, 0.15) is 35.4 Å². The van der Waals surface area contributed by atoms with E-state index < -0.39 is 12.2 Å². The van der Waals surface area contributed by atoms with Gasteiger partial charge >= 0.3 is 0 Å². The Hall–Kier alpha value is -1.37. The van der Waals surface area contributed by atoms with Crippen LogP contribution in [0.5, 0.6) is 5.75 Å². The number of aliphatic hydroxyl groups is 2. The molecule has 0 aliphatic carbocycles. The first-order valence-corrected chi connectivity index (χ1v) is 7.27. The summed E-state index contributed by atoms with van der Waals surface area (Å²) in [5.41, 5.74) is 0.968. The van der Waals surface area contributed by atoms with Crippen molar-refractivity contribution in [1.82, 2.24) is 0 Å². The fraction of sp³-hybridized carbons (Fsp3) is 0.429. The predicted molar refractivity (Wildman–Crippen MR) is 75.0 cm³/mol. The van der Waals surface area contributed by atoms with Crippen LogP contribution in [0.4, 0.5) is 0 Å². The van der Waals surface area contributed by atoms with Crippen molar-refractivity contribution in [3.8, 4) is 5.75 Å². The molecule has 1 aliphatic rings. The standard InChI is InChI=1S/C14H16O5S/c1-8(15)20-7-12(17)14(18)9-2-3-10-11(16)4-5-19-13(10)6-9/h2-3,6,12,14,17-18H,4-5,7H2,1H3. The largest absolute Gasteiger partial charge is 0.492 e. The first-order valence-electron chi connectivity index (χ1n) is 6.28. The van der Waals surface area contributed by atoms with Gasteiger partial charge in [0.1, 0.15) is 11.9 Å². The zero-order chi connectivity index (χ0) is 14.7. The number of carbonyl (C=O) groups excluding carboxylic acids is 2. The Morgan fingerprint density at radius 2 is 2.20 bits per heavy atom. The molecule has 5 nitrogen and oxygen atoms in total. The van der Waals surface area contributed by atoms with Gasteiger partial charge in [0.05, 0.1) is 18.3 Å². The van der Waals surface area contributed by atoms with Crippen LogP contribution in [0.15, 0.2) is 18.2 Å². The SMILES string of the molecule is CC(=O)SCC(O)C(O)c1ccc2c(c1)OCCC2=O. The lowest BCUT2D eigenvalue weighted by atomic mass is 9.99. The van der Waals surface area contributed by atoms with Crippen LogP contribution in [0.2, 0.25) is 0 Å². The van der Waals surface area contributed by atoms with E-state index in [1.807, 2.05) is 0 Å². The van der Waals surface area contributed by atoms with Gasteiger partial charge in [-0.15, -0.1) is 0 Å². The smallest absolute Gasteiger partial charge is 0.185 e. The molecule has 20 heavy (non-hydrogen) atoms. The Kier molecular flexibility index (Phi) is 4.80. The lowest BCUT2D eigenvalue weighted by Gasteiger charge is -2.21. The van der Waals surface area contributed by atoms with Crippen LogP contribution in [-0.2, 0) is 4.79 Å². The average molecular weight is 296 g/mol. The van der Waals surface area contributed by atoms with E-state index in [1.54, 1.807) is 18.2 Å². The Morgan fingerprint density at radius 1 is 1.45 bits per heavy atom. The van der Waals surface area contributed by atoms with Gasteiger partial charge in [0.15, 0.2) is 10.9 Å². The molecule has 1 aromatic carbocycles. The number of benzene rings is 1.